The van der Waals surface area contributed by atoms with Crippen LogP contribution in [0.2, 0.25) is 10.0 Å². The van der Waals surface area contributed by atoms with Crippen molar-refractivity contribution in [3.63, 3.8) is 0 Å². The fraction of sp³-hybridized carbons (Fsp3) is 0.300. The number of imidazole rings is 1. The fourth-order valence-electron chi connectivity index (χ4n) is 3.40. The maximum absolute atomic E-state index is 12.7. The van der Waals surface area contributed by atoms with Gasteiger partial charge in [-0.2, -0.15) is 0 Å². The fourth-order valence-corrected chi connectivity index (χ4v) is 3.89. The molecule has 0 bridgehead atoms. The monoisotopic (exact) mass is 418 g/mol. The molecule has 2 heterocycles. The molecule has 1 aliphatic heterocycles. The van der Waals surface area contributed by atoms with Gasteiger partial charge in [-0.15, -0.1) is 0 Å². The van der Waals surface area contributed by atoms with Crippen LogP contribution in [0.25, 0.3) is 11.0 Å². The normalized spacial score (nSPS) is 15.2. The van der Waals surface area contributed by atoms with Crippen LogP contribution in [-0.2, 0) is 6.54 Å². The number of aromatic nitrogens is 2. The molecule has 28 heavy (non-hydrogen) atoms. The summed E-state index contributed by atoms with van der Waals surface area (Å²) in [7, 11) is 1.65. The molecule has 1 N–H and O–H groups in total. The number of benzene rings is 2. The number of aromatic amines is 1. The Hall–Kier alpha value is -2.28. The number of piperazine rings is 1. The smallest absolute Gasteiger partial charge is 0.255 e. The van der Waals surface area contributed by atoms with Gasteiger partial charge in [-0.05, 0) is 30.3 Å². The Morgan fingerprint density at radius 3 is 2.64 bits per heavy atom. The number of carbonyl (C=O) groups excluding carboxylic acids is 1. The highest BCUT2D eigenvalue weighted by Gasteiger charge is 2.24. The number of rotatable bonds is 4. The summed E-state index contributed by atoms with van der Waals surface area (Å²) < 4.78 is 5.25. The van der Waals surface area contributed by atoms with Crippen molar-refractivity contribution in [2.75, 3.05) is 33.3 Å². The molecule has 3 aromatic rings. The van der Waals surface area contributed by atoms with Gasteiger partial charge in [-0.1, -0.05) is 23.2 Å². The maximum Gasteiger partial charge on any atom is 0.255 e. The van der Waals surface area contributed by atoms with E-state index in [9.17, 15) is 4.79 Å². The predicted molar refractivity (Wildman–Crippen MR) is 110 cm³/mol. The first-order valence-electron chi connectivity index (χ1n) is 9.03. The quantitative estimate of drug-likeness (QED) is 0.698. The number of amides is 1. The molecular weight excluding hydrogens is 399 g/mol. The lowest BCUT2D eigenvalue weighted by Gasteiger charge is -2.34. The summed E-state index contributed by atoms with van der Waals surface area (Å²) in [5, 5.41) is 0.910. The molecule has 1 fully saturated rings. The Balaban J connectivity index is 1.38. The number of fused-ring (bicyclic) bond motifs is 1. The van der Waals surface area contributed by atoms with Gasteiger partial charge < -0.3 is 14.6 Å². The second kappa shape index (κ2) is 7.99. The van der Waals surface area contributed by atoms with E-state index in [2.05, 4.69) is 14.9 Å². The van der Waals surface area contributed by atoms with Crippen molar-refractivity contribution in [2.45, 2.75) is 6.54 Å². The van der Waals surface area contributed by atoms with Crippen molar-refractivity contribution in [3.8, 4) is 5.75 Å². The van der Waals surface area contributed by atoms with Crippen molar-refractivity contribution < 1.29 is 9.53 Å². The summed E-state index contributed by atoms with van der Waals surface area (Å²) in [4.78, 5) is 24.8. The number of H-pyrrole nitrogens is 1. The topological polar surface area (TPSA) is 61.5 Å². The minimum atomic E-state index is -0.0582. The van der Waals surface area contributed by atoms with Gasteiger partial charge in [-0.25, -0.2) is 4.98 Å². The molecular formula is C20H20Cl2N4O2. The van der Waals surface area contributed by atoms with Gasteiger partial charge in [0.1, 0.15) is 11.6 Å². The SMILES string of the molecule is COc1ccc2nc(CN3CCN(C(=O)c4ccc(Cl)cc4Cl)CC3)[nH]c2c1. The third-order valence-corrected chi connectivity index (χ3v) is 5.48. The average molecular weight is 419 g/mol. The Labute approximate surface area is 173 Å². The lowest BCUT2D eigenvalue weighted by molar-refractivity contribution is 0.0626. The Morgan fingerprint density at radius 1 is 1.14 bits per heavy atom. The van der Waals surface area contributed by atoms with Gasteiger partial charge >= 0.3 is 0 Å². The zero-order valence-corrected chi connectivity index (χ0v) is 16.9. The second-order valence-corrected chi connectivity index (χ2v) is 7.60. The van der Waals surface area contributed by atoms with E-state index in [0.717, 1.165) is 35.7 Å². The van der Waals surface area contributed by atoms with E-state index in [1.165, 1.54) is 0 Å². The van der Waals surface area contributed by atoms with Crippen LogP contribution in [0.4, 0.5) is 0 Å². The number of halogens is 2. The van der Waals surface area contributed by atoms with E-state index in [1.807, 2.05) is 23.1 Å². The number of ether oxygens (including phenoxy) is 1. The summed E-state index contributed by atoms with van der Waals surface area (Å²) >= 11 is 12.1. The Bertz CT molecular complexity index is 1010. The molecule has 0 radical (unpaired) electrons. The zero-order chi connectivity index (χ0) is 19.7. The highest BCUT2D eigenvalue weighted by atomic mass is 35.5. The summed E-state index contributed by atoms with van der Waals surface area (Å²) in [5.74, 6) is 1.65. The molecule has 8 heteroatoms. The molecule has 146 valence electrons. The number of carbonyl (C=O) groups is 1. The largest absolute Gasteiger partial charge is 0.497 e. The van der Waals surface area contributed by atoms with Crippen molar-refractivity contribution in [3.05, 3.63) is 57.8 Å². The first kappa shape index (κ1) is 19.1. The third kappa shape index (κ3) is 3.94. The van der Waals surface area contributed by atoms with Crippen LogP contribution in [0.15, 0.2) is 36.4 Å². The number of nitrogens with one attached hydrogen (secondary N) is 1. The van der Waals surface area contributed by atoms with Crippen molar-refractivity contribution in [1.82, 2.24) is 19.8 Å². The van der Waals surface area contributed by atoms with E-state index in [-0.39, 0.29) is 5.91 Å². The summed E-state index contributed by atoms with van der Waals surface area (Å²) in [6.45, 7) is 3.55. The molecule has 1 amide bonds. The number of nitrogens with zero attached hydrogens (tertiary/aromatic N) is 3. The highest BCUT2D eigenvalue weighted by molar-refractivity contribution is 6.36. The number of hydrogen-bond donors (Lipinski definition) is 1. The van der Waals surface area contributed by atoms with Crippen LogP contribution in [0.1, 0.15) is 16.2 Å². The van der Waals surface area contributed by atoms with E-state index in [4.69, 9.17) is 27.9 Å². The summed E-state index contributed by atoms with van der Waals surface area (Å²) in [5.41, 5.74) is 2.37. The van der Waals surface area contributed by atoms with Crippen molar-refractivity contribution in [1.29, 1.82) is 0 Å². The van der Waals surface area contributed by atoms with Crippen LogP contribution in [0.3, 0.4) is 0 Å². The molecule has 2 aromatic carbocycles. The standard InChI is InChI=1S/C20H20Cl2N4O2/c1-28-14-3-5-17-18(11-14)24-19(23-17)12-25-6-8-26(9-7-25)20(27)15-4-2-13(21)10-16(15)22/h2-5,10-11H,6-9,12H2,1H3,(H,23,24). The Kier molecular flexibility index (Phi) is 5.44. The van der Waals surface area contributed by atoms with Crippen LogP contribution >= 0.6 is 23.2 Å². The first-order valence-corrected chi connectivity index (χ1v) is 9.78. The van der Waals surface area contributed by atoms with Crippen LogP contribution in [-0.4, -0.2) is 59.0 Å². The number of methoxy groups -OCH3 is 1. The molecule has 1 saturated heterocycles. The molecule has 0 unspecified atom stereocenters. The van der Waals surface area contributed by atoms with E-state index < -0.39 is 0 Å². The van der Waals surface area contributed by atoms with Crippen molar-refractivity contribution >= 4 is 40.1 Å². The third-order valence-electron chi connectivity index (χ3n) is 4.93. The maximum atomic E-state index is 12.7. The Morgan fingerprint density at radius 2 is 1.93 bits per heavy atom. The van der Waals surface area contributed by atoms with Gasteiger partial charge in [0.2, 0.25) is 0 Å². The van der Waals surface area contributed by atoms with Crippen molar-refractivity contribution in [2.24, 2.45) is 0 Å². The van der Waals surface area contributed by atoms with Crippen LogP contribution in [0.5, 0.6) is 5.75 Å². The second-order valence-electron chi connectivity index (χ2n) is 6.76. The minimum absolute atomic E-state index is 0.0582. The zero-order valence-electron chi connectivity index (χ0n) is 15.4. The van der Waals surface area contributed by atoms with Crippen LogP contribution < -0.4 is 4.74 Å². The molecule has 1 aromatic heterocycles. The van der Waals surface area contributed by atoms with Gasteiger partial charge in [0, 0.05) is 37.3 Å². The van der Waals surface area contributed by atoms with E-state index in [1.54, 1.807) is 25.3 Å². The van der Waals surface area contributed by atoms with Gasteiger partial charge in [-0.3, -0.25) is 9.69 Å². The van der Waals surface area contributed by atoms with Gasteiger partial charge in [0.15, 0.2) is 0 Å². The van der Waals surface area contributed by atoms with Gasteiger partial charge in [0.25, 0.3) is 5.91 Å². The van der Waals surface area contributed by atoms with E-state index in [0.29, 0.717) is 35.2 Å². The molecule has 0 saturated carbocycles. The van der Waals surface area contributed by atoms with Gasteiger partial charge in [0.05, 0.1) is 35.3 Å². The van der Waals surface area contributed by atoms with E-state index >= 15 is 0 Å². The van der Waals surface area contributed by atoms with Crippen LogP contribution in [0, 0.1) is 0 Å². The lowest BCUT2D eigenvalue weighted by atomic mass is 10.2. The molecule has 4 rings (SSSR count). The average Bonchev–Trinajstić information content (AvgIpc) is 3.09. The predicted octanol–water partition coefficient (Wildman–Crippen LogP) is 3.84. The molecule has 1 aliphatic rings. The minimum Gasteiger partial charge on any atom is -0.497 e. The summed E-state index contributed by atoms with van der Waals surface area (Å²) in [6, 6.07) is 10.8. The molecule has 0 aliphatic carbocycles. The highest BCUT2D eigenvalue weighted by Crippen LogP contribution is 2.23. The first-order chi connectivity index (χ1) is 13.5. The molecule has 0 spiro atoms. The molecule has 6 nitrogen and oxygen atoms in total. The molecule has 0 atom stereocenters. The number of hydrogen-bond acceptors (Lipinski definition) is 4. The summed E-state index contributed by atoms with van der Waals surface area (Å²) in [6.07, 6.45) is 0. The lowest BCUT2D eigenvalue weighted by Crippen LogP contribution is -2.48.